The van der Waals surface area contributed by atoms with E-state index in [0.717, 1.165) is 29.7 Å². The second kappa shape index (κ2) is 7.79. The molecule has 1 aliphatic carbocycles. The van der Waals surface area contributed by atoms with Gasteiger partial charge in [-0.05, 0) is 61.9 Å². The summed E-state index contributed by atoms with van der Waals surface area (Å²) in [5.74, 6) is -1.08. The van der Waals surface area contributed by atoms with Crippen LogP contribution in [0.25, 0.3) is 10.2 Å². The fourth-order valence-corrected chi connectivity index (χ4v) is 4.55. The normalized spacial score (nSPS) is 12.8. The van der Waals surface area contributed by atoms with Crippen molar-refractivity contribution in [2.45, 2.75) is 39.7 Å². The van der Waals surface area contributed by atoms with Crippen molar-refractivity contribution in [2.75, 3.05) is 11.9 Å². The van der Waals surface area contributed by atoms with Gasteiger partial charge in [0.25, 0.3) is 11.5 Å². The number of benzene rings is 1. The number of nitrogens with one attached hydrogen (secondary N) is 1. The van der Waals surface area contributed by atoms with Crippen LogP contribution in [0.2, 0.25) is 0 Å². The van der Waals surface area contributed by atoms with Crippen LogP contribution >= 0.6 is 11.3 Å². The lowest BCUT2D eigenvalue weighted by atomic mass is 10.1. The van der Waals surface area contributed by atoms with Crippen LogP contribution in [0.5, 0.6) is 0 Å². The van der Waals surface area contributed by atoms with E-state index in [1.807, 2.05) is 32.0 Å². The van der Waals surface area contributed by atoms with Gasteiger partial charge in [0.2, 0.25) is 0 Å². The fourth-order valence-electron chi connectivity index (χ4n) is 3.56. The molecule has 3 aromatic rings. The average molecular weight is 411 g/mol. The van der Waals surface area contributed by atoms with Crippen molar-refractivity contribution in [3.05, 3.63) is 56.4 Å². The van der Waals surface area contributed by atoms with Crippen molar-refractivity contribution < 1.29 is 14.3 Å². The minimum atomic E-state index is -0.665. The third kappa shape index (κ3) is 3.93. The van der Waals surface area contributed by atoms with E-state index in [0.29, 0.717) is 15.9 Å². The Bertz CT molecular complexity index is 1180. The molecule has 1 amide bonds. The summed E-state index contributed by atoms with van der Waals surface area (Å²) in [6.45, 7) is 3.10. The lowest BCUT2D eigenvalue weighted by Crippen LogP contribution is -2.28. The average Bonchev–Trinajstić information content (AvgIpc) is 3.27. The van der Waals surface area contributed by atoms with E-state index in [9.17, 15) is 14.4 Å². The van der Waals surface area contributed by atoms with E-state index in [1.54, 1.807) is 0 Å². The number of anilines is 1. The number of hydrogen-bond acceptors (Lipinski definition) is 6. The molecule has 4 rings (SSSR count). The molecular weight excluding hydrogens is 390 g/mol. The Morgan fingerprint density at radius 1 is 1.24 bits per heavy atom. The predicted molar refractivity (Wildman–Crippen MR) is 111 cm³/mol. The zero-order chi connectivity index (χ0) is 20.5. The quantitative estimate of drug-likeness (QED) is 0.652. The Labute approximate surface area is 171 Å². The molecule has 0 spiro atoms. The molecule has 0 bridgehead atoms. The summed E-state index contributed by atoms with van der Waals surface area (Å²) in [7, 11) is 0. The number of hydrogen-bond donors (Lipinski definition) is 1. The van der Waals surface area contributed by atoms with Gasteiger partial charge >= 0.3 is 5.97 Å². The minimum Gasteiger partial charge on any atom is -0.454 e. The number of aryl methyl sites for hydroxylation is 4. The molecule has 0 aliphatic heterocycles. The highest BCUT2D eigenvalue weighted by Crippen LogP contribution is 2.26. The number of carbonyl (C=O) groups is 2. The molecule has 0 fully saturated rings. The molecule has 8 heteroatoms. The second-order valence-corrected chi connectivity index (χ2v) is 8.39. The van der Waals surface area contributed by atoms with Gasteiger partial charge in [0, 0.05) is 10.6 Å². The number of fused-ring (bicyclic) bond motifs is 2. The Hall–Kier alpha value is -3.00. The lowest BCUT2D eigenvalue weighted by molar-refractivity contribution is -0.147. The smallest absolute Gasteiger partial charge is 0.326 e. The van der Waals surface area contributed by atoms with Crippen molar-refractivity contribution in [3.8, 4) is 0 Å². The summed E-state index contributed by atoms with van der Waals surface area (Å²) >= 11 is 1.45. The van der Waals surface area contributed by atoms with E-state index >= 15 is 0 Å². The number of amides is 1. The molecule has 1 N–H and O–H groups in total. The van der Waals surface area contributed by atoms with Crippen molar-refractivity contribution >= 4 is 39.1 Å². The summed E-state index contributed by atoms with van der Waals surface area (Å²) < 4.78 is 6.25. The monoisotopic (exact) mass is 411 g/mol. The van der Waals surface area contributed by atoms with Gasteiger partial charge in [0.15, 0.2) is 6.61 Å². The summed E-state index contributed by atoms with van der Waals surface area (Å²) in [5.41, 5.74) is 3.86. The SMILES string of the molecule is Cc1sc2ncn(CC(=O)OCC(=O)Nc3ccc4c(c3)CCC4)c(=O)c2c1C. The first-order chi connectivity index (χ1) is 13.9. The van der Waals surface area contributed by atoms with E-state index in [4.69, 9.17) is 4.74 Å². The van der Waals surface area contributed by atoms with Crippen LogP contribution in [0.15, 0.2) is 29.3 Å². The Balaban J connectivity index is 1.36. The lowest BCUT2D eigenvalue weighted by Gasteiger charge is -2.09. The van der Waals surface area contributed by atoms with Crippen LogP contribution in [0, 0.1) is 13.8 Å². The Morgan fingerprint density at radius 2 is 2.03 bits per heavy atom. The van der Waals surface area contributed by atoms with Crippen molar-refractivity contribution in [3.63, 3.8) is 0 Å². The fraction of sp³-hybridized carbons (Fsp3) is 0.333. The Kier molecular flexibility index (Phi) is 5.19. The summed E-state index contributed by atoms with van der Waals surface area (Å²) in [6, 6.07) is 5.84. The van der Waals surface area contributed by atoms with Crippen molar-refractivity contribution in [1.29, 1.82) is 0 Å². The van der Waals surface area contributed by atoms with Gasteiger partial charge in [-0.1, -0.05) is 6.07 Å². The highest BCUT2D eigenvalue weighted by atomic mass is 32.1. The maximum Gasteiger partial charge on any atom is 0.326 e. The number of esters is 1. The number of carbonyl (C=O) groups excluding carboxylic acids is 2. The molecule has 2 heterocycles. The van der Waals surface area contributed by atoms with Gasteiger partial charge in [-0.2, -0.15) is 0 Å². The molecule has 0 saturated heterocycles. The van der Waals surface area contributed by atoms with Gasteiger partial charge in [-0.25, -0.2) is 4.98 Å². The minimum absolute atomic E-state index is 0.281. The van der Waals surface area contributed by atoms with Crippen LogP contribution < -0.4 is 10.9 Å². The van der Waals surface area contributed by atoms with Crippen LogP contribution in [0.3, 0.4) is 0 Å². The number of rotatable bonds is 5. The molecule has 0 radical (unpaired) electrons. The number of aromatic nitrogens is 2. The van der Waals surface area contributed by atoms with Crippen LogP contribution in [0.4, 0.5) is 5.69 Å². The van der Waals surface area contributed by atoms with E-state index < -0.39 is 18.5 Å². The molecule has 29 heavy (non-hydrogen) atoms. The number of ether oxygens (including phenoxy) is 1. The molecule has 150 valence electrons. The van der Waals surface area contributed by atoms with Gasteiger partial charge in [-0.3, -0.25) is 19.0 Å². The first-order valence-corrected chi connectivity index (χ1v) is 10.3. The summed E-state index contributed by atoms with van der Waals surface area (Å²) in [4.78, 5) is 42.7. The highest BCUT2D eigenvalue weighted by Gasteiger charge is 2.16. The second-order valence-electron chi connectivity index (χ2n) is 7.19. The van der Waals surface area contributed by atoms with Gasteiger partial charge < -0.3 is 10.1 Å². The maximum atomic E-state index is 12.6. The zero-order valence-electron chi connectivity index (χ0n) is 16.3. The standard InChI is InChI=1S/C21H21N3O4S/c1-12-13(2)29-20-19(12)21(27)24(11-22-20)9-18(26)28-10-17(25)23-16-7-6-14-4-3-5-15(14)8-16/h6-8,11H,3-5,9-10H2,1-2H3,(H,23,25). The molecule has 0 atom stereocenters. The molecule has 0 saturated carbocycles. The Morgan fingerprint density at radius 3 is 2.86 bits per heavy atom. The molecule has 2 aromatic heterocycles. The van der Waals surface area contributed by atoms with Crippen LogP contribution in [-0.2, 0) is 33.7 Å². The number of nitrogens with zero attached hydrogens (tertiary/aromatic N) is 2. The molecule has 1 aliphatic rings. The van der Waals surface area contributed by atoms with E-state index in [2.05, 4.69) is 10.3 Å². The van der Waals surface area contributed by atoms with Crippen LogP contribution in [0.1, 0.15) is 28.0 Å². The first-order valence-electron chi connectivity index (χ1n) is 9.45. The third-order valence-electron chi connectivity index (χ3n) is 5.20. The van der Waals surface area contributed by atoms with Gasteiger partial charge in [0.1, 0.15) is 11.4 Å². The first kappa shape index (κ1) is 19.3. The molecule has 7 nitrogen and oxygen atoms in total. The summed E-state index contributed by atoms with van der Waals surface area (Å²) in [6.07, 6.45) is 4.57. The molecule has 0 unspecified atom stereocenters. The zero-order valence-corrected chi connectivity index (χ0v) is 17.1. The summed E-state index contributed by atoms with van der Waals surface area (Å²) in [5, 5.41) is 3.27. The van der Waals surface area contributed by atoms with Gasteiger partial charge in [-0.15, -0.1) is 11.3 Å². The van der Waals surface area contributed by atoms with E-state index in [1.165, 1.54) is 33.4 Å². The molecular formula is C21H21N3O4S. The topological polar surface area (TPSA) is 90.3 Å². The third-order valence-corrected chi connectivity index (χ3v) is 6.32. The number of thiophene rings is 1. The van der Waals surface area contributed by atoms with E-state index in [-0.39, 0.29) is 12.1 Å². The highest BCUT2D eigenvalue weighted by molar-refractivity contribution is 7.18. The van der Waals surface area contributed by atoms with Gasteiger partial charge in [0.05, 0.1) is 11.7 Å². The predicted octanol–water partition coefficient (Wildman–Crippen LogP) is 2.75. The molecule has 1 aromatic carbocycles. The van der Waals surface area contributed by atoms with Crippen molar-refractivity contribution in [2.24, 2.45) is 0 Å². The van der Waals surface area contributed by atoms with Crippen molar-refractivity contribution in [1.82, 2.24) is 9.55 Å². The van der Waals surface area contributed by atoms with Crippen LogP contribution in [-0.4, -0.2) is 28.0 Å². The largest absolute Gasteiger partial charge is 0.454 e. The maximum absolute atomic E-state index is 12.6.